The lowest BCUT2D eigenvalue weighted by molar-refractivity contribution is 0.103. The lowest BCUT2D eigenvalue weighted by atomic mass is 9.82. The van der Waals surface area contributed by atoms with Gasteiger partial charge in [0.15, 0.2) is 5.78 Å². The highest BCUT2D eigenvalue weighted by Crippen LogP contribution is 2.27. The van der Waals surface area contributed by atoms with Gasteiger partial charge in [0, 0.05) is 16.8 Å². The number of halogens is 1. The average Bonchev–Trinajstić information content (AvgIpc) is 2.47. The number of hydrogen-bond acceptors (Lipinski definition) is 2. The Balaban J connectivity index is 2.32. The fourth-order valence-corrected chi connectivity index (χ4v) is 2.17. The molecule has 2 rings (SSSR count). The van der Waals surface area contributed by atoms with Crippen molar-refractivity contribution in [3.63, 3.8) is 0 Å². The van der Waals surface area contributed by atoms with Crippen molar-refractivity contribution in [1.29, 1.82) is 0 Å². The molecular weight excluding hydrogens is 265 g/mol. The minimum absolute atomic E-state index is 0.0798. The molecular formula is C18H20FNO. The second-order valence-corrected chi connectivity index (χ2v) is 5.88. The van der Waals surface area contributed by atoms with E-state index in [0.29, 0.717) is 11.1 Å². The first-order chi connectivity index (χ1) is 9.85. The van der Waals surface area contributed by atoms with Crippen LogP contribution in [0, 0.1) is 5.82 Å². The molecule has 3 heteroatoms. The highest BCUT2D eigenvalue weighted by molar-refractivity contribution is 6.12. The van der Waals surface area contributed by atoms with E-state index in [0.717, 1.165) is 6.42 Å². The van der Waals surface area contributed by atoms with E-state index >= 15 is 0 Å². The summed E-state index contributed by atoms with van der Waals surface area (Å²) in [4.78, 5) is 12.4. The van der Waals surface area contributed by atoms with Crippen LogP contribution in [-0.2, 0) is 5.41 Å². The number of hydrogen-bond donors (Lipinski definition) is 1. The van der Waals surface area contributed by atoms with Gasteiger partial charge in [-0.3, -0.25) is 4.79 Å². The van der Waals surface area contributed by atoms with Gasteiger partial charge in [0.05, 0.1) is 0 Å². The van der Waals surface area contributed by atoms with Gasteiger partial charge in [0.25, 0.3) is 0 Å². The van der Waals surface area contributed by atoms with Gasteiger partial charge in [-0.1, -0.05) is 45.0 Å². The maximum atomic E-state index is 13.0. The van der Waals surface area contributed by atoms with Crippen LogP contribution in [0.15, 0.2) is 42.5 Å². The van der Waals surface area contributed by atoms with Crippen LogP contribution in [0.1, 0.15) is 48.7 Å². The Morgan fingerprint density at radius 3 is 2.29 bits per heavy atom. The number of rotatable bonds is 4. The molecule has 0 saturated heterocycles. The van der Waals surface area contributed by atoms with Crippen molar-refractivity contribution in [3.05, 3.63) is 65.0 Å². The van der Waals surface area contributed by atoms with Gasteiger partial charge in [-0.25, -0.2) is 4.39 Å². The van der Waals surface area contributed by atoms with Crippen LogP contribution in [0.4, 0.5) is 10.1 Å². The number of carbonyl (C=O) groups excluding carboxylic acids is 1. The molecule has 2 aromatic carbocycles. The molecule has 110 valence electrons. The number of nitrogens with two attached hydrogens (primary N) is 1. The first kappa shape index (κ1) is 15.2. The summed E-state index contributed by atoms with van der Waals surface area (Å²) in [5.41, 5.74) is 8.04. The molecule has 21 heavy (non-hydrogen) atoms. The van der Waals surface area contributed by atoms with Crippen LogP contribution < -0.4 is 5.73 Å². The van der Waals surface area contributed by atoms with Gasteiger partial charge < -0.3 is 5.73 Å². The first-order valence-electron chi connectivity index (χ1n) is 7.05. The summed E-state index contributed by atoms with van der Waals surface area (Å²) >= 11 is 0. The Labute approximate surface area is 124 Å². The highest BCUT2D eigenvalue weighted by Gasteiger charge is 2.19. The van der Waals surface area contributed by atoms with Crippen molar-refractivity contribution >= 4 is 11.5 Å². The van der Waals surface area contributed by atoms with Crippen molar-refractivity contribution in [3.8, 4) is 0 Å². The fraction of sp³-hybridized carbons (Fsp3) is 0.278. The Morgan fingerprint density at radius 1 is 1.14 bits per heavy atom. The normalized spacial score (nSPS) is 11.4. The van der Waals surface area contributed by atoms with Gasteiger partial charge in [0.2, 0.25) is 0 Å². The zero-order valence-corrected chi connectivity index (χ0v) is 12.6. The van der Waals surface area contributed by atoms with Crippen molar-refractivity contribution in [1.82, 2.24) is 0 Å². The van der Waals surface area contributed by atoms with Crippen LogP contribution in [-0.4, -0.2) is 5.78 Å². The molecule has 0 saturated carbocycles. The minimum atomic E-state index is -0.441. The summed E-state index contributed by atoms with van der Waals surface area (Å²) < 4.78 is 13.0. The molecule has 0 amide bonds. The SMILES string of the molecule is CCC(C)(C)c1ccc(C(=O)c2ccc(F)cc2N)cc1. The number of nitrogen functional groups attached to an aromatic ring is 1. The highest BCUT2D eigenvalue weighted by atomic mass is 19.1. The molecule has 0 atom stereocenters. The lowest BCUT2D eigenvalue weighted by Gasteiger charge is -2.23. The van der Waals surface area contributed by atoms with Gasteiger partial charge in [-0.05, 0) is 35.6 Å². The molecule has 0 radical (unpaired) electrons. The van der Waals surface area contributed by atoms with Crippen LogP contribution in [0.2, 0.25) is 0 Å². The first-order valence-corrected chi connectivity index (χ1v) is 7.05. The second kappa shape index (κ2) is 5.68. The number of anilines is 1. The van der Waals surface area contributed by atoms with Crippen molar-refractivity contribution in [2.75, 3.05) is 5.73 Å². The van der Waals surface area contributed by atoms with Crippen LogP contribution in [0.5, 0.6) is 0 Å². The van der Waals surface area contributed by atoms with E-state index in [4.69, 9.17) is 5.73 Å². The summed E-state index contributed by atoms with van der Waals surface area (Å²) in [6.45, 7) is 6.47. The van der Waals surface area contributed by atoms with Crippen LogP contribution in [0.3, 0.4) is 0 Å². The van der Waals surface area contributed by atoms with Crippen molar-refractivity contribution in [2.24, 2.45) is 0 Å². The monoisotopic (exact) mass is 285 g/mol. The van der Waals surface area contributed by atoms with Crippen LogP contribution >= 0.6 is 0 Å². The molecule has 0 spiro atoms. The van der Waals surface area contributed by atoms with E-state index in [1.54, 1.807) is 12.1 Å². The third-order valence-electron chi connectivity index (χ3n) is 4.07. The predicted octanol–water partition coefficient (Wildman–Crippen LogP) is 4.33. The van der Waals surface area contributed by atoms with Crippen molar-refractivity contribution in [2.45, 2.75) is 32.6 Å². The quantitative estimate of drug-likeness (QED) is 0.671. The average molecular weight is 285 g/mol. The third kappa shape index (κ3) is 3.13. The van der Waals surface area contributed by atoms with E-state index in [1.807, 2.05) is 12.1 Å². The zero-order valence-electron chi connectivity index (χ0n) is 12.6. The number of ketones is 1. The van der Waals surface area contributed by atoms with E-state index in [1.165, 1.54) is 23.8 Å². The minimum Gasteiger partial charge on any atom is -0.398 e. The van der Waals surface area contributed by atoms with Gasteiger partial charge >= 0.3 is 0 Å². The van der Waals surface area contributed by atoms with Gasteiger partial charge in [-0.2, -0.15) is 0 Å². The summed E-state index contributed by atoms with van der Waals surface area (Å²) in [6.07, 6.45) is 1.02. The smallest absolute Gasteiger partial charge is 0.195 e. The summed E-state index contributed by atoms with van der Waals surface area (Å²) in [5, 5.41) is 0. The predicted molar refractivity (Wildman–Crippen MR) is 84.0 cm³/mol. The Kier molecular flexibility index (Phi) is 4.12. The molecule has 0 unspecified atom stereocenters. The molecule has 2 N–H and O–H groups in total. The third-order valence-corrected chi connectivity index (χ3v) is 4.07. The molecule has 0 aliphatic rings. The molecule has 0 aliphatic heterocycles. The topological polar surface area (TPSA) is 43.1 Å². The molecule has 2 nitrogen and oxygen atoms in total. The summed E-state index contributed by atoms with van der Waals surface area (Å²) in [7, 11) is 0. The van der Waals surface area contributed by atoms with Crippen LogP contribution in [0.25, 0.3) is 0 Å². The van der Waals surface area contributed by atoms with E-state index in [9.17, 15) is 9.18 Å². The second-order valence-electron chi connectivity index (χ2n) is 5.88. The maximum Gasteiger partial charge on any atom is 0.195 e. The lowest BCUT2D eigenvalue weighted by Crippen LogP contribution is -2.15. The summed E-state index contributed by atoms with van der Waals surface area (Å²) in [6, 6.07) is 11.4. The maximum absolute atomic E-state index is 13.0. The Hall–Kier alpha value is -2.16. The zero-order chi connectivity index (χ0) is 15.6. The Morgan fingerprint density at radius 2 is 1.76 bits per heavy atom. The largest absolute Gasteiger partial charge is 0.398 e. The number of benzene rings is 2. The van der Waals surface area contributed by atoms with E-state index < -0.39 is 5.82 Å². The van der Waals surface area contributed by atoms with Gasteiger partial charge in [0.1, 0.15) is 5.82 Å². The summed E-state index contributed by atoms with van der Waals surface area (Å²) in [5.74, 6) is -0.627. The Bertz CT molecular complexity index is 659. The van der Waals surface area contributed by atoms with E-state index in [-0.39, 0.29) is 16.9 Å². The molecule has 0 fully saturated rings. The fourth-order valence-electron chi connectivity index (χ4n) is 2.17. The molecule has 0 bridgehead atoms. The molecule has 2 aromatic rings. The number of carbonyl (C=O) groups is 1. The molecule has 0 aliphatic carbocycles. The van der Waals surface area contributed by atoms with Gasteiger partial charge in [-0.15, -0.1) is 0 Å². The molecule has 0 heterocycles. The standard InChI is InChI=1S/C18H20FNO/c1-4-18(2,3)13-7-5-12(6-8-13)17(21)15-10-9-14(19)11-16(15)20/h5-11H,4,20H2,1-3H3. The molecule has 0 aromatic heterocycles. The van der Waals surface area contributed by atoms with E-state index in [2.05, 4.69) is 20.8 Å². The van der Waals surface area contributed by atoms with Crippen molar-refractivity contribution < 1.29 is 9.18 Å².